The quantitative estimate of drug-likeness (QED) is 0.786. The molecule has 0 saturated carbocycles. The Balaban J connectivity index is 2.27. The maximum absolute atomic E-state index is 11.4. The molecule has 0 atom stereocenters. The largest absolute Gasteiger partial charge is 0.319 e. The maximum Gasteiger partial charge on any atom is 0.250 e. The molecule has 0 radical (unpaired) electrons. The van der Waals surface area contributed by atoms with Gasteiger partial charge in [-0.15, -0.1) is 0 Å². The van der Waals surface area contributed by atoms with Gasteiger partial charge in [0.1, 0.15) is 4.90 Å². The van der Waals surface area contributed by atoms with Crippen LogP contribution in [0.4, 0.5) is 0 Å². The van der Waals surface area contributed by atoms with Gasteiger partial charge in [0, 0.05) is 31.8 Å². The molecule has 0 spiro atoms. The molecular formula is C11H13N3O3S. The van der Waals surface area contributed by atoms with E-state index in [1.54, 1.807) is 19.3 Å². The molecule has 6 nitrogen and oxygen atoms in total. The normalized spacial score (nSPS) is 11.7. The highest BCUT2D eigenvalue weighted by Gasteiger charge is 2.10. The summed E-state index contributed by atoms with van der Waals surface area (Å²) in [5.74, 6) is 0. The first-order valence-corrected chi connectivity index (χ1v) is 7.13. The first kappa shape index (κ1) is 12.6. The lowest BCUT2D eigenvalue weighted by Crippen LogP contribution is -2.16. The third-order valence-electron chi connectivity index (χ3n) is 2.55. The van der Waals surface area contributed by atoms with Crippen LogP contribution in [0.1, 0.15) is 5.56 Å². The monoisotopic (exact) mass is 267 g/mol. The van der Waals surface area contributed by atoms with E-state index < -0.39 is 9.84 Å². The minimum Gasteiger partial charge on any atom is -0.319 e. The van der Waals surface area contributed by atoms with Crippen molar-refractivity contribution in [2.75, 3.05) is 6.26 Å². The second kappa shape index (κ2) is 4.41. The summed E-state index contributed by atoms with van der Waals surface area (Å²) in [6.45, 7) is 0.367. The van der Waals surface area contributed by atoms with Gasteiger partial charge in [0.15, 0.2) is 9.84 Å². The zero-order valence-corrected chi connectivity index (χ0v) is 10.9. The van der Waals surface area contributed by atoms with Gasteiger partial charge in [-0.3, -0.25) is 9.48 Å². The first-order chi connectivity index (χ1) is 8.36. The molecule has 0 unspecified atom stereocenters. The van der Waals surface area contributed by atoms with Crippen LogP contribution in [0, 0.1) is 0 Å². The van der Waals surface area contributed by atoms with Crippen LogP contribution in [0.5, 0.6) is 0 Å². The van der Waals surface area contributed by atoms with Crippen molar-refractivity contribution in [3.05, 3.63) is 46.6 Å². The molecule has 2 heterocycles. The molecule has 2 rings (SSSR count). The lowest BCUT2D eigenvalue weighted by atomic mass is 10.2. The fraction of sp³-hybridized carbons (Fsp3) is 0.273. The molecule has 7 heteroatoms. The summed E-state index contributed by atoms with van der Waals surface area (Å²) in [5, 5.41) is 3.96. The van der Waals surface area contributed by atoms with Crippen LogP contribution in [0.2, 0.25) is 0 Å². The highest BCUT2D eigenvalue weighted by Crippen LogP contribution is 2.07. The van der Waals surface area contributed by atoms with E-state index in [4.69, 9.17) is 0 Å². The van der Waals surface area contributed by atoms with Crippen molar-refractivity contribution in [2.45, 2.75) is 11.4 Å². The van der Waals surface area contributed by atoms with E-state index in [1.807, 2.05) is 0 Å². The Kier molecular flexibility index (Phi) is 3.08. The van der Waals surface area contributed by atoms with Crippen molar-refractivity contribution in [1.29, 1.82) is 0 Å². The lowest BCUT2D eigenvalue weighted by molar-refractivity contribution is 0.601. The fourth-order valence-electron chi connectivity index (χ4n) is 1.50. The summed E-state index contributed by atoms with van der Waals surface area (Å²) in [7, 11) is -1.57. The first-order valence-electron chi connectivity index (χ1n) is 5.24. The van der Waals surface area contributed by atoms with E-state index in [9.17, 15) is 13.2 Å². The van der Waals surface area contributed by atoms with Gasteiger partial charge in [-0.1, -0.05) is 0 Å². The molecule has 0 bridgehead atoms. The zero-order valence-electron chi connectivity index (χ0n) is 10.1. The SMILES string of the molecule is Cn1ccc(Cn2cc(S(C)(=O)=O)cn2)cc1=O. The molecule has 96 valence electrons. The summed E-state index contributed by atoms with van der Waals surface area (Å²) in [5.41, 5.74) is 0.671. The van der Waals surface area contributed by atoms with Crippen molar-refractivity contribution in [3.8, 4) is 0 Å². The Bertz CT molecular complexity index is 728. The third-order valence-corrected chi connectivity index (χ3v) is 3.62. The number of nitrogens with zero attached hydrogens (tertiary/aromatic N) is 3. The Labute approximate surface area is 104 Å². The van der Waals surface area contributed by atoms with Crippen molar-refractivity contribution in [3.63, 3.8) is 0 Å². The summed E-state index contributed by atoms with van der Waals surface area (Å²) in [6.07, 6.45) is 5.55. The van der Waals surface area contributed by atoms with E-state index in [0.29, 0.717) is 6.54 Å². The Morgan fingerprint density at radius 1 is 1.39 bits per heavy atom. The van der Waals surface area contributed by atoms with Gasteiger partial charge in [-0.05, 0) is 11.6 Å². The van der Waals surface area contributed by atoms with Gasteiger partial charge in [-0.2, -0.15) is 5.10 Å². The second-order valence-corrected chi connectivity index (χ2v) is 6.15. The van der Waals surface area contributed by atoms with Crippen molar-refractivity contribution in [1.82, 2.24) is 14.3 Å². The molecule has 0 fully saturated rings. The van der Waals surface area contributed by atoms with Gasteiger partial charge < -0.3 is 4.57 Å². The fourth-order valence-corrected chi connectivity index (χ4v) is 2.05. The highest BCUT2D eigenvalue weighted by atomic mass is 32.2. The average Bonchev–Trinajstić information content (AvgIpc) is 2.72. The zero-order chi connectivity index (χ0) is 13.3. The third kappa shape index (κ3) is 2.67. The second-order valence-electron chi connectivity index (χ2n) is 4.13. The van der Waals surface area contributed by atoms with Crippen LogP contribution in [0.15, 0.2) is 40.4 Å². The number of rotatable bonds is 3. The number of aryl methyl sites for hydroxylation is 1. The maximum atomic E-state index is 11.4. The number of pyridine rings is 1. The smallest absolute Gasteiger partial charge is 0.250 e. The minimum absolute atomic E-state index is 0.108. The van der Waals surface area contributed by atoms with Crippen LogP contribution in [-0.4, -0.2) is 29.0 Å². The lowest BCUT2D eigenvalue weighted by Gasteiger charge is -2.02. The summed E-state index contributed by atoms with van der Waals surface area (Å²) in [6, 6.07) is 3.30. The Morgan fingerprint density at radius 3 is 2.67 bits per heavy atom. The standard InChI is InChI=1S/C11H13N3O3S/c1-13-4-3-9(5-11(13)15)7-14-8-10(6-12-14)18(2,16)17/h3-6,8H,7H2,1-2H3. The predicted octanol–water partition coefficient (Wildman–Crippen LogP) is 0.0336. The molecule has 18 heavy (non-hydrogen) atoms. The van der Waals surface area contributed by atoms with Gasteiger partial charge >= 0.3 is 0 Å². The topological polar surface area (TPSA) is 74.0 Å². The Hall–Kier alpha value is -1.89. The van der Waals surface area contributed by atoms with E-state index in [1.165, 1.54) is 27.7 Å². The van der Waals surface area contributed by atoms with E-state index in [-0.39, 0.29) is 10.5 Å². The number of hydrogen-bond donors (Lipinski definition) is 0. The van der Waals surface area contributed by atoms with E-state index in [0.717, 1.165) is 11.8 Å². The molecule has 0 saturated heterocycles. The molecule has 2 aromatic rings. The molecule has 0 aliphatic heterocycles. The molecule has 0 N–H and O–H groups in total. The number of aromatic nitrogens is 3. The molecule has 2 aromatic heterocycles. The van der Waals surface area contributed by atoms with Gasteiger partial charge in [0.25, 0.3) is 5.56 Å². The van der Waals surface area contributed by atoms with Crippen LogP contribution in [0.25, 0.3) is 0 Å². The van der Waals surface area contributed by atoms with Crippen LogP contribution < -0.4 is 5.56 Å². The van der Waals surface area contributed by atoms with Crippen LogP contribution >= 0.6 is 0 Å². The van der Waals surface area contributed by atoms with Crippen LogP contribution in [0.3, 0.4) is 0 Å². The molecular weight excluding hydrogens is 254 g/mol. The van der Waals surface area contributed by atoms with E-state index in [2.05, 4.69) is 5.10 Å². The average molecular weight is 267 g/mol. The van der Waals surface area contributed by atoms with Gasteiger partial charge in [0.05, 0.1) is 12.7 Å². The van der Waals surface area contributed by atoms with Crippen molar-refractivity contribution < 1.29 is 8.42 Å². The minimum atomic E-state index is -3.24. The molecule has 0 aliphatic rings. The summed E-state index contributed by atoms with van der Waals surface area (Å²) in [4.78, 5) is 11.6. The van der Waals surface area contributed by atoms with Crippen molar-refractivity contribution >= 4 is 9.84 Å². The molecule has 0 aromatic carbocycles. The Morgan fingerprint density at radius 2 is 2.11 bits per heavy atom. The predicted molar refractivity (Wildman–Crippen MR) is 66.1 cm³/mol. The number of hydrogen-bond acceptors (Lipinski definition) is 4. The molecule has 0 aliphatic carbocycles. The van der Waals surface area contributed by atoms with Gasteiger partial charge in [0.2, 0.25) is 0 Å². The summed E-state index contributed by atoms with van der Waals surface area (Å²) >= 11 is 0. The van der Waals surface area contributed by atoms with Crippen LogP contribution in [-0.2, 0) is 23.4 Å². The van der Waals surface area contributed by atoms with Gasteiger partial charge in [-0.25, -0.2) is 8.42 Å². The van der Waals surface area contributed by atoms with Crippen molar-refractivity contribution in [2.24, 2.45) is 7.05 Å². The number of sulfone groups is 1. The van der Waals surface area contributed by atoms with E-state index >= 15 is 0 Å². The highest BCUT2D eigenvalue weighted by molar-refractivity contribution is 7.90. The summed E-state index contributed by atoms with van der Waals surface area (Å²) < 4.78 is 25.5. The molecule has 0 amide bonds.